The van der Waals surface area contributed by atoms with E-state index >= 15 is 0 Å². The fraction of sp³-hybridized carbons (Fsp3) is 0.800. The molecule has 1 aliphatic carbocycles. The molecular formula is C15H24N2O3. The normalized spacial score (nSPS) is 30.2. The molecule has 2 aliphatic rings. The summed E-state index contributed by atoms with van der Waals surface area (Å²) in [4.78, 5) is 37.2. The van der Waals surface area contributed by atoms with Crippen LogP contribution in [-0.2, 0) is 9.59 Å². The van der Waals surface area contributed by atoms with Crippen LogP contribution in [0.3, 0.4) is 0 Å². The highest BCUT2D eigenvalue weighted by Crippen LogP contribution is 2.27. The molecule has 2 fully saturated rings. The van der Waals surface area contributed by atoms with Gasteiger partial charge in [-0.05, 0) is 32.6 Å². The molecule has 2 unspecified atom stereocenters. The first-order valence-corrected chi connectivity index (χ1v) is 7.65. The number of hydrogen-bond acceptors (Lipinski definition) is 3. The number of hydrogen-bond donors (Lipinski definition) is 1. The van der Waals surface area contributed by atoms with Crippen molar-refractivity contribution in [3.05, 3.63) is 0 Å². The molecule has 20 heavy (non-hydrogen) atoms. The molecule has 0 spiro atoms. The van der Waals surface area contributed by atoms with Crippen LogP contribution in [-0.4, -0.2) is 34.7 Å². The number of carbonyl (C=O) groups is 3. The first-order valence-electron chi connectivity index (χ1n) is 7.65. The van der Waals surface area contributed by atoms with Crippen molar-refractivity contribution in [2.45, 2.75) is 64.3 Å². The highest BCUT2D eigenvalue weighted by molar-refractivity contribution is 6.06. The van der Waals surface area contributed by atoms with E-state index in [-0.39, 0.29) is 23.6 Å². The zero-order valence-electron chi connectivity index (χ0n) is 12.4. The number of rotatable bonds is 6. The van der Waals surface area contributed by atoms with E-state index in [1.165, 1.54) is 4.90 Å². The van der Waals surface area contributed by atoms with Gasteiger partial charge in [0.2, 0.25) is 0 Å². The molecule has 1 saturated carbocycles. The summed E-state index contributed by atoms with van der Waals surface area (Å²) in [6, 6.07) is -0.306. The monoisotopic (exact) mass is 280 g/mol. The Morgan fingerprint density at radius 3 is 2.70 bits per heavy atom. The molecule has 0 aromatic rings. The van der Waals surface area contributed by atoms with E-state index < -0.39 is 5.54 Å². The van der Waals surface area contributed by atoms with Crippen molar-refractivity contribution in [1.29, 1.82) is 0 Å². The van der Waals surface area contributed by atoms with Gasteiger partial charge < -0.3 is 5.32 Å². The second-order valence-electron chi connectivity index (χ2n) is 6.17. The van der Waals surface area contributed by atoms with Gasteiger partial charge in [-0.3, -0.25) is 14.5 Å². The lowest BCUT2D eigenvalue weighted by molar-refractivity contribution is -0.131. The lowest BCUT2D eigenvalue weighted by Gasteiger charge is -2.21. The molecule has 1 heterocycles. The highest BCUT2D eigenvalue weighted by atomic mass is 16.2. The van der Waals surface area contributed by atoms with Gasteiger partial charge in [0.15, 0.2) is 0 Å². The summed E-state index contributed by atoms with van der Waals surface area (Å²) < 4.78 is 0. The molecule has 1 N–H and O–H groups in total. The molecule has 0 aromatic carbocycles. The summed E-state index contributed by atoms with van der Waals surface area (Å²) in [6.07, 6.45) is 5.69. The largest absolute Gasteiger partial charge is 0.325 e. The lowest BCUT2D eigenvalue weighted by Crippen LogP contribution is -2.43. The molecule has 5 heteroatoms. The average Bonchev–Trinajstić information content (AvgIpc) is 2.90. The van der Waals surface area contributed by atoms with Gasteiger partial charge in [0.05, 0.1) is 0 Å². The van der Waals surface area contributed by atoms with Crippen LogP contribution in [0.25, 0.3) is 0 Å². The van der Waals surface area contributed by atoms with Gasteiger partial charge >= 0.3 is 6.03 Å². The number of imide groups is 1. The molecule has 0 aromatic heterocycles. The predicted octanol–water partition coefficient (Wildman–Crippen LogP) is 2.25. The van der Waals surface area contributed by atoms with Crippen molar-refractivity contribution in [1.82, 2.24) is 10.2 Å². The number of amides is 3. The summed E-state index contributed by atoms with van der Waals surface area (Å²) in [7, 11) is 0. The first-order chi connectivity index (χ1) is 9.48. The lowest BCUT2D eigenvalue weighted by atomic mass is 9.95. The fourth-order valence-corrected chi connectivity index (χ4v) is 3.13. The van der Waals surface area contributed by atoms with Gasteiger partial charge in [-0.2, -0.15) is 0 Å². The average molecular weight is 280 g/mol. The van der Waals surface area contributed by atoms with E-state index in [0.29, 0.717) is 25.8 Å². The van der Waals surface area contributed by atoms with Crippen molar-refractivity contribution >= 4 is 17.7 Å². The van der Waals surface area contributed by atoms with Gasteiger partial charge in [-0.1, -0.05) is 19.8 Å². The molecular weight excluding hydrogens is 256 g/mol. The Morgan fingerprint density at radius 2 is 2.10 bits per heavy atom. The van der Waals surface area contributed by atoms with Gasteiger partial charge in [0.25, 0.3) is 5.91 Å². The van der Waals surface area contributed by atoms with Crippen LogP contribution in [0.4, 0.5) is 4.79 Å². The maximum Gasteiger partial charge on any atom is 0.325 e. The van der Waals surface area contributed by atoms with Crippen LogP contribution in [0.15, 0.2) is 0 Å². The third kappa shape index (κ3) is 2.86. The number of unbranched alkanes of at least 4 members (excludes halogenated alkanes) is 1. The number of nitrogens with one attached hydrogen (secondary N) is 1. The first kappa shape index (κ1) is 15.0. The van der Waals surface area contributed by atoms with Gasteiger partial charge in [0.1, 0.15) is 11.3 Å². The van der Waals surface area contributed by atoms with Crippen LogP contribution in [0, 0.1) is 5.92 Å². The molecule has 3 amide bonds. The quantitative estimate of drug-likeness (QED) is 0.759. The van der Waals surface area contributed by atoms with E-state index in [1.807, 2.05) is 0 Å². The molecule has 5 nitrogen and oxygen atoms in total. The summed E-state index contributed by atoms with van der Waals surface area (Å²) in [5.74, 6) is 0.185. The SMILES string of the molecule is CCCCC1(C)NC(=O)N(CCC2CCCC2=O)C1=O. The third-order valence-corrected chi connectivity index (χ3v) is 4.51. The Balaban J connectivity index is 1.93. The van der Waals surface area contributed by atoms with Crippen molar-refractivity contribution in [2.75, 3.05) is 6.54 Å². The summed E-state index contributed by atoms with van der Waals surface area (Å²) in [6.45, 7) is 4.22. The minimum Gasteiger partial charge on any atom is -0.323 e. The smallest absolute Gasteiger partial charge is 0.323 e. The minimum atomic E-state index is -0.757. The van der Waals surface area contributed by atoms with Crippen LogP contribution < -0.4 is 5.32 Å². The van der Waals surface area contributed by atoms with Crippen LogP contribution >= 0.6 is 0 Å². The standard InChI is InChI=1S/C15H24N2O3/c1-3-4-9-15(2)13(19)17(14(20)16-15)10-8-11-6-5-7-12(11)18/h11H,3-10H2,1-2H3,(H,16,20). The second kappa shape index (κ2) is 5.94. The number of carbonyl (C=O) groups excluding carboxylic acids is 3. The van der Waals surface area contributed by atoms with E-state index in [9.17, 15) is 14.4 Å². The maximum atomic E-state index is 12.4. The molecule has 2 atom stereocenters. The van der Waals surface area contributed by atoms with Crippen LogP contribution in [0.2, 0.25) is 0 Å². The topological polar surface area (TPSA) is 66.5 Å². The van der Waals surface area contributed by atoms with Crippen LogP contribution in [0.1, 0.15) is 58.8 Å². The van der Waals surface area contributed by atoms with Gasteiger partial charge in [-0.15, -0.1) is 0 Å². The Bertz CT molecular complexity index is 421. The van der Waals surface area contributed by atoms with Crippen molar-refractivity contribution in [3.8, 4) is 0 Å². The molecule has 0 radical (unpaired) electrons. The van der Waals surface area contributed by atoms with Crippen LogP contribution in [0.5, 0.6) is 0 Å². The fourth-order valence-electron chi connectivity index (χ4n) is 3.13. The summed E-state index contributed by atoms with van der Waals surface area (Å²) >= 11 is 0. The third-order valence-electron chi connectivity index (χ3n) is 4.51. The Kier molecular flexibility index (Phi) is 4.45. The molecule has 112 valence electrons. The zero-order valence-corrected chi connectivity index (χ0v) is 12.4. The predicted molar refractivity (Wildman–Crippen MR) is 75.1 cm³/mol. The second-order valence-corrected chi connectivity index (χ2v) is 6.17. The summed E-state index contributed by atoms with van der Waals surface area (Å²) in [5.41, 5.74) is -0.757. The molecule has 1 aliphatic heterocycles. The van der Waals surface area contributed by atoms with E-state index in [0.717, 1.165) is 25.7 Å². The zero-order chi connectivity index (χ0) is 14.8. The van der Waals surface area contributed by atoms with Crippen molar-refractivity contribution in [2.24, 2.45) is 5.92 Å². The van der Waals surface area contributed by atoms with Gasteiger partial charge in [-0.25, -0.2) is 4.79 Å². The highest BCUT2D eigenvalue weighted by Gasteiger charge is 2.47. The number of Topliss-reactive ketones (excluding diaryl/α,β-unsaturated/α-hetero) is 1. The maximum absolute atomic E-state index is 12.4. The number of nitrogens with zero attached hydrogens (tertiary/aromatic N) is 1. The van der Waals surface area contributed by atoms with E-state index in [2.05, 4.69) is 12.2 Å². The van der Waals surface area contributed by atoms with Crippen molar-refractivity contribution in [3.63, 3.8) is 0 Å². The Hall–Kier alpha value is -1.39. The van der Waals surface area contributed by atoms with Crippen molar-refractivity contribution < 1.29 is 14.4 Å². The number of ketones is 1. The minimum absolute atomic E-state index is 0.0399. The number of urea groups is 1. The summed E-state index contributed by atoms with van der Waals surface area (Å²) in [5, 5.41) is 2.80. The Labute approximate surface area is 120 Å². The van der Waals surface area contributed by atoms with Gasteiger partial charge in [0, 0.05) is 18.9 Å². The molecule has 0 bridgehead atoms. The Morgan fingerprint density at radius 1 is 1.35 bits per heavy atom. The molecule has 1 saturated heterocycles. The molecule has 2 rings (SSSR count). The van der Waals surface area contributed by atoms with E-state index in [1.54, 1.807) is 6.92 Å². The van der Waals surface area contributed by atoms with E-state index in [4.69, 9.17) is 0 Å².